The number of nitrogens with two attached hydrogens (primary N) is 1. The normalized spacial score (nSPS) is 12.5. The Morgan fingerprint density at radius 1 is 1.47 bits per heavy atom. The third-order valence-corrected chi connectivity index (χ3v) is 2.26. The molecule has 15 heavy (non-hydrogen) atoms. The molecule has 1 aromatic carbocycles. The van der Waals surface area contributed by atoms with E-state index in [0.717, 1.165) is 24.2 Å². The van der Waals surface area contributed by atoms with Gasteiger partial charge in [-0.1, -0.05) is 13.3 Å². The van der Waals surface area contributed by atoms with Crippen molar-refractivity contribution >= 4 is 11.4 Å². The fourth-order valence-electron chi connectivity index (χ4n) is 1.47. The molecule has 0 fully saturated rings. The van der Waals surface area contributed by atoms with Crippen molar-refractivity contribution in [3.8, 4) is 0 Å². The third kappa shape index (κ3) is 3.80. The lowest BCUT2D eigenvalue weighted by Crippen LogP contribution is -2.15. The maximum Gasteiger partial charge on any atom is 0.0684 e. The summed E-state index contributed by atoms with van der Waals surface area (Å²) in [5, 5.41) is 12.3. The zero-order chi connectivity index (χ0) is 11.3. The minimum Gasteiger partial charge on any atom is -0.399 e. The second kappa shape index (κ2) is 5.61. The number of hydrogen-bond acceptors (Lipinski definition) is 3. The summed E-state index contributed by atoms with van der Waals surface area (Å²) in [6.07, 6.45) is 1.75. The highest BCUT2D eigenvalue weighted by molar-refractivity contribution is 5.57. The fraction of sp³-hybridized carbons (Fsp3) is 0.500. The number of nitrogens with one attached hydrogen (secondary N) is 1. The number of nitrogen functional groups attached to an aromatic ring is 1. The Kier molecular flexibility index (Phi) is 4.43. The molecule has 0 aliphatic carbocycles. The van der Waals surface area contributed by atoms with Gasteiger partial charge in [-0.2, -0.15) is 0 Å². The van der Waals surface area contributed by atoms with Gasteiger partial charge in [0, 0.05) is 17.9 Å². The van der Waals surface area contributed by atoms with Crippen LogP contribution in [0, 0.1) is 0 Å². The predicted molar refractivity (Wildman–Crippen MR) is 65.0 cm³/mol. The number of rotatable bonds is 5. The van der Waals surface area contributed by atoms with Crippen LogP contribution < -0.4 is 11.1 Å². The standard InChI is InChI=1S/C12H20N2O/c1-3-4-10-7-11(5-6-12(10)13)14-8-9(2)15/h5-7,9,14-15H,3-4,8,13H2,1-2H3. The minimum absolute atomic E-state index is 0.336. The number of aryl methyl sites for hydroxylation is 1. The second-order valence-corrected chi connectivity index (χ2v) is 3.89. The van der Waals surface area contributed by atoms with Crippen molar-refractivity contribution < 1.29 is 5.11 Å². The van der Waals surface area contributed by atoms with Gasteiger partial charge in [0.25, 0.3) is 0 Å². The summed E-state index contributed by atoms with van der Waals surface area (Å²) in [7, 11) is 0. The molecular weight excluding hydrogens is 188 g/mol. The largest absolute Gasteiger partial charge is 0.399 e. The first-order chi connectivity index (χ1) is 7.13. The van der Waals surface area contributed by atoms with E-state index in [1.165, 1.54) is 5.56 Å². The average Bonchev–Trinajstić information content (AvgIpc) is 2.19. The molecule has 4 N–H and O–H groups in total. The van der Waals surface area contributed by atoms with Crippen LogP contribution >= 0.6 is 0 Å². The van der Waals surface area contributed by atoms with Crippen molar-refractivity contribution in [2.75, 3.05) is 17.6 Å². The molecule has 0 radical (unpaired) electrons. The highest BCUT2D eigenvalue weighted by Crippen LogP contribution is 2.19. The van der Waals surface area contributed by atoms with E-state index in [0.29, 0.717) is 6.54 Å². The molecule has 1 atom stereocenters. The molecule has 3 heteroatoms. The number of aliphatic hydroxyl groups is 1. The van der Waals surface area contributed by atoms with Crippen LogP contribution in [0.4, 0.5) is 11.4 Å². The number of anilines is 2. The van der Waals surface area contributed by atoms with E-state index in [1.54, 1.807) is 6.92 Å². The van der Waals surface area contributed by atoms with E-state index < -0.39 is 0 Å². The summed E-state index contributed by atoms with van der Waals surface area (Å²) in [5.74, 6) is 0. The highest BCUT2D eigenvalue weighted by Gasteiger charge is 2.01. The maximum atomic E-state index is 9.15. The van der Waals surface area contributed by atoms with Gasteiger partial charge in [0.05, 0.1) is 6.10 Å². The fourth-order valence-corrected chi connectivity index (χ4v) is 1.47. The average molecular weight is 208 g/mol. The first-order valence-electron chi connectivity index (χ1n) is 5.43. The van der Waals surface area contributed by atoms with Gasteiger partial charge in [-0.05, 0) is 37.1 Å². The molecular formula is C12H20N2O. The Balaban J connectivity index is 2.69. The van der Waals surface area contributed by atoms with Gasteiger partial charge >= 0.3 is 0 Å². The number of benzene rings is 1. The van der Waals surface area contributed by atoms with Crippen LogP contribution in [0.25, 0.3) is 0 Å². The number of hydrogen-bond donors (Lipinski definition) is 3. The highest BCUT2D eigenvalue weighted by atomic mass is 16.3. The molecule has 0 saturated carbocycles. The van der Waals surface area contributed by atoms with Crippen LogP contribution in [0.2, 0.25) is 0 Å². The van der Waals surface area contributed by atoms with Gasteiger partial charge in [0.1, 0.15) is 0 Å². The predicted octanol–water partition coefficient (Wildman–Crippen LogP) is 2.01. The zero-order valence-corrected chi connectivity index (χ0v) is 9.46. The smallest absolute Gasteiger partial charge is 0.0684 e. The SMILES string of the molecule is CCCc1cc(NCC(C)O)ccc1N. The molecule has 0 aromatic heterocycles. The second-order valence-electron chi connectivity index (χ2n) is 3.89. The topological polar surface area (TPSA) is 58.3 Å². The van der Waals surface area contributed by atoms with Gasteiger partial charge in [-0.15, -0.1) is 0 Å². The van der Waals surface area contributed by atoms with Crippen LogP contribution in [0.3, 0.4) is 0 Å². The van der Waals surface area contributed by atoms with Crippen molar-refractivity contribution in [1.82, 2.24) is 0 Å². The Hall–Kier alpha value is -1.22. The monoisotopic (exact) mass is 208 g/mol. The van der Waals surface area contributed by atoms with E-state index in [-0.39, 0.29) is 6.10 Å². The van der Waals surface area contributed by atoms with Gasteiger partial charge < -0.3 is 16.2 Å². The van der Waals surface area contributed by atoms with E-state index in [9.17, 15) is 0 Å². The first kappa shape index (κ1) is 11.9. The molecule has 1 aromatic rings. The van der Waals surface area contributed by atoms with Crippen LogP contribution in [-0.4, -0.2) is 17.8 Å². The molecule has 84 valence electrons. The third-order valence-electron chi connectivity index (χ3n) is 2.26. The Bertz CT molecular complexity index is 310. The van der Waals surface area contributed by atoms with Crippen molar-refractivity contribution in [3.05, 3.63) is 23.8 Å². The van der Waals surface area contributed by atoms with E-state index in [2.05, 4.69) is 18.3 Å². The quantitative estimate of drug-likeness (QED) is 0.649. The Morgan fingerprint density at radius 3 is 2.80 bits per heavy atom. The molecule has 0 aliphatic heterocycles. The molecule has 1 rings (SSSR count). The lowest BCUT2D eigenvalue weighted by atomic mass is 10.1. The van der Waals surface area contributed by atoms with Crippen LogP contribution in [0.5, 0.6) is 0 Å². The lowest BCUT2D eigenvalue weighted by molar-refractivity contribution is 0.208. The van der Waals surface area contributed by atoms with Crippen LogP contribution in [0.1, 0.15) is 25.8 Å². The molecule has 0 saturated heterocycles. The summed E-state index contributed by atoms with van der Waals surface area (Å²) in [6.45, 7) is 4.46. The summed E-state index contributed by atoms with van der Waals surface area (Å²) < 4.78 is 0. The van der Waals surface area contributed by atoms with E-state index >= 15 is 0 Å². The summed E-state index contributed by atoms with van der Waals surface area (Å²) in [4.78, 5) is 0. The molecule has 0 heterocycles. The van der Waals surface area contributed by atoms with Crippen molar-refractivity contribution in [3.63, 3.8) is 0 Å². The molecule has 0 bridgehead atoms. The Labute approximate surface area is 91.3 Å². The minimum atomic E-state index is -0.336. The van der Waals surface area contributed by atoms with Gasteiger partial charge in [-0.25, -0.2) is 0 Å². The molecule has 1 unspecified atom stereocenters. The van der Waals surface area contributed by atoms with Crippen molar-refractivity contribution in [2.24, 2.45) is 0 Å². The van der Waals surface area contributed by atoms with Crippen LogP contribution in [-0.2, 0) is 6.42 Å². The van der Waals surface area contributed by atoms with Crippen molar-refractivity contribution in [1.29, 1.82) is 0 Å². The Morgan fingerprint density at radius 2 is 2.20 bits per heavy atom. The van der Waals surface area contributed by atoms with E-state index in [1.807, 2.05) is 12.1 Å². The summed E-state index contributed by atoms with van der Waals surface area (Å²) >= 11 is 0. The van der Waals surface area contributed by atoms with Crippen molar-refractivity contribution in [2.45, 2.75) is 32.8 Å². The van der Waals surface area contributed by atoms with E-state index in [4.69, 9.17) is 10.8 Å². The summed E-state index contributed by atoms with van der Waals surface area (Å²) in [5.41, 5.74) is 8.90. The maximum absolute atomic E-state index is 9.15. The lowest BCUT2D eigenvalue weighted by Gasteiger charge is -2.11. The molecule has 3 nitrogen and oxygen atoms in total. The number of aliphatic hydroxyl groups excluding tert-OH is 1. The van der Waals surface area contributed by atoms with Gasteiger partial charge in [0.2, 0.25) is 0 Å². The molecule has 0 amide bonds. The van der Waals surface area contributed by atoms with Gasteiger partial charge in [0.15, 0.2) is 0 Å². The zero-order valence-electron chi connectivity index (χ0n) is 9.46. The van der Waals surface area contributed by atoms with Gasteiger partial charge in [-0.3, -0.25) is 0 Å². The molecule has 0 spiro atoms. The summed E-state index contributed by atoms with van der Waals surface area (Å²) in [6, 6.07) is 5.91. The molecule has 0 aliphatic rings. The van der Waals surface area contributed by atoms with Crippen LogP contribution in [0.15, 0.2) is 18.2 Å². The first-order valence-corrected chi connectivity index (χ1v) is 5.43.